The minimum atomic E-state index is -3.77. The van der Waals surface area contributed by atoms with Crippen molar-refractivity contribution in [3.63, 3.8) is 0 Å². The van der Waals surface area contributed by atoms with Gasteiger partial charge in [0.25, 0.3) is 10.0 Å². The number of hydrogen-bond donors (Lipinski definition) is 2. The first-order valence-electron chi connectivity index (χ1n) is 4.05. The molecule has 0 aromatic heterocycles. The quantitative estimate of drug-likeness (QED) is 0.695. The number of fused-ring (bicyclic) bond motifs is 1. The van der Waals surface area contributed by atoms with Crippen molar-refractivity contribution in [1.29, 1.82) is 0 Å². The van der Waals surface area contributed by atoms with Crippen LogP contribution < -0.4 is 9.62 Å². The molecule has 0 aliphatic carbocycles. The first kappa shape index (κ1) is 9.45. The van der Waals surface area contributed by atoms with Gasteiger partial charge in [0.15, 0.2) is 0 Å². The molecule has 1 heterocycles. The van der Waals surface area contributed by atoms with Crippen LogP contribution in [0.3, 0.4) is 0 Å². The Hall–Kier alpha value is -1.11. The highest BCUT2D eigenvalue weighted by Gasteiger charge is 2.18. The fourth-order valence-electron chi connectivity index (χ4n) is 1.38. The third-order valence-corrected chi connectivity index (χ3v) is 3.21. The van der Waals surface area contributed by atoms with E-state index in [-0.39, 0.29) is 4.90 Å². The summed E-state index contributed by atoms with van der Waals surface area (Å²) in [7, 11) is -3.77. The summed E-state index contributed by atoms with van der Waals surface area (Å²) in [6, 6.07) is 4.48. The molecule has 1 aromatic carbocycles. The lowest BCUT2D eigenvalue weighted by Gasteiger charge is -2.03. The smallest absolute Gasteiger partial charge is 0.262 e. The lowest BCUT2D eigenvalue weighted by Crippen LogP contribution is -2.19. The molecule has 2 rings (SSSR count). The maximum atomic E-state index is 11.2. The zero-order valence-electron chi connectivity index (χ0n) is 7.23. The van der Waals surface area contributed by atoms with Gasteiger partial charge < -0.3 is 9.94 Å². The topological polar surface area (TPSA) is 75.6 Å². The standard InChI is InChI=1S/C8H9NO4S/c10-9-14(11,12)7-1-2-8-6(5-7)3-4-13-8/h1-2,5,9-10H,3-4H2. The minimum absolute atomic E-state index is 0.0456. The Kier molecular flexibility index (Phi) is 2.18. The summed E-state index contributed by atoms with van der Waals surface area (Å²) in [5.74, 6) is 0.710. The Morgan fingerprint density at radius 3 is 2.93 bits per heavy atom. The highest BCUT2D eigenvalue weighted by Crippen LogP contribution is 2.27. The Morgan fingerprint density at radius 1 is 1.43 bits per heavy atom. The Morgan fingerprint density at radius 2 is 2.21 bits per heavy atom. The van der Waals surface area contributed by atoms with Crippen molar-refractivity contribution in [3.05, 3.63) is 23.8 Å². The number of hydrogen-bond acceptors (Lipinski definition) is 4. The van der Waals surface area contributed by atoms with Gasteiger partial charge in [-0.3, -0.25) is 0 Å². The Bertz CT molecular complexity index is 454. The summed E-state index contributed by atoms with van der Waals surface area (Å²) < 4.78 is 27.6. The zero-order chi connectivity index (χ0) is 10.2. The van der Waals surface area contributed by atoms with E-state index in [0.717, 1.165) is 5.56 Å². The van der Waals surface area contributed by atoms with Crippen molar-refractivity contribution in [2.45, 2.75) is 11.3 Å². The largest absolute Gasteiger partial charge is 0.493 e. The van der Waals surface area contributed by atoms with Crippen LogP contribution in [-0.2, 0) is 16.4 Å². The number of ether oxygens (including phenoxy) is 1. The maximum Gasteiger partial charge on any atom is 0.262 e. The number of benzene rings is 1. The average Bonchev–Trinajstić information content (AvgIpc) is 2.64. The number of nitrogens with one attached hydrogen (secondary N) is 1. The van der Waals surface area contributed by atoms with E-state index in [4.69, 9.17) is 9.94 Å². The third kappa shape index (κ3) is 1.47. The van der Waals surface area contributed by atoms with Crippen LogP contribution in [0.1, 0.15) is 5.56 Å². The van der Waals surface area contributed by atoms with Crippen molar-refractivity contribution in [2.75, 3.05) is 6.61 Å². The molecule has 76 valence electrons. The predicted octanol–water partition coefficient (Wildman–Crippen LogP) is 0.289. The maximum absolute atomic E-state index is 11.2. The van der Waals surface area contributed by atoms with Crippen molar-refractivity contribution >= 4 is 10.0 Å². The van der Waals surface area contributed by atoms with Gasteiger partial charge in [-0.15, -0.1) is 0 Å². The van der Waals surface area contributed by atoms with Gasteiger partial charge in [0.2, 0.25) is 0 Å². The van der Waals surface area contributed by atoms with E-state index < -0.39 is 10.0 Å². The molecule has 0 spiro atoms. The summed E-state index contributed by atoms with van der Waals surface area (Å²) in [4.78, 5) is 1.33. The lowest BCUT2D eigenvalue weighted by molar-refractivity contribution is 0.242. The lowest BCUT2D eigenvalue weighted by atomic mass is 10.2. The highest BCUT2D eigenvalue weighted by molar-refractivity contribution is 7.89. The second-order valence-corrected chi connectivity index (χ2v) is 4.62. The van der Waals surface area contributed by atoms with Crippen LogP contribution in [0.4, 0.5) is 0 Å². The zero-order valence-corrected chi connectivity index (χ0v) is 8.04. The Balaban J connectivity index is 2.48. The van der Waals surface area contributed by atoms with Crippen LogP contribution in [0.5, 0.6) is 5.75 Å². The van der Waals surface area contributed by atoms with Gasteiger partial charge in [0.05, 0.1) is 11.5 Å². The molecular formula is C8H9NO4S. The van der Waals surface area contributed by atoms with Gasteiger partial charge in [-0.05, 0) is 23.8 Å². The molecule has 5 nitrogen and oxygen atoms in total. The molecule has 0 fully saturated rings. The molecule has 0 unspecified atom stereocenters. The molecule has 6 heteroatoms. The Labute approximate surface area is 81.3 Å². The normalized spacial score (nSPS) is 14.9. The molecule has 1 aliphatic rings. The third-order valence-electron chi connectivity index (χ3n) is 2.09. The molecule has 0 atom stereocenters. The molecule has 0 bridgehead atoms. The van der Waals surface area contributed by atoms with E-state index >= 15 is 0 Å². The molecule has 0 saturated carbocycles. The monoisotopic (exact) mass is 215 g/mol. The summed E-state index contributed by atoms with van der Waals surface area (Å²) in [6.45, 7) is 0.575. The average molecular weight is 215 g/mol. The molecule has 0 amide bonds. The summed E-state index contributed by atoms with van der Waals surface area (Å²) in [6.07, 6.45) is 0.699. The number of rotatable bonds is 2. The first-order chi connectivity index (χ1) is 6.63. The van der Waals surface area contributed by atoms with Gasteiger partial charge in [-0.1, -0.05) is 4.89 Å². The molecule has 14 heavy (non-hydrogen) atoms. The molecule has 1 aliphatic heterocycles. The fraction of sp³-hybridized carbons (Fsp3) is 0.250. The summed E-state index contributed by atoms with van der Waals surface area (Å²) in [5.41, 5.74) is 0.848. The van der Waals surface area contributed by atoms with Gasteiger partial charge in [-0.25, -0.2) is 8.42 Å². The van der Waals surface area contributed by atoms with Crippen molar-refractivity contribution in [2.24, 2.45) is 0 Å². The van der Waals surface area contributed by atoms with Gasteiger partial charge in [0, 0.05) is 6.42 Å². The van der Waals surface area contributed by atoms with E-state index in [1.165, 1.54) is 17.0 Å². The van der Waals surface area contributed by atoms with Gasteiger partial charge >= 0.3 is 0 Å². The van der Waals surface area contributed by atoms with Gasteiger partial charge in [-0.2, -0.15) is 0 Å². The fourth-order valence-corrected chi connectivity index (χ4v) is 2.03. The second-order valence-electron chi connectivity index (χ2n) is 2.96. The minimum Gasteiger partial charge on any atom is -0.493 e. The SMILES string of the molecule is O=S(=O)(NO)c1ccc2c(c1)CCO2. The predicted molar refractivity (Wildman–Crippen MR) is 47.7 cm³/mol. The second kappa shape index (κ2) is 3.23. The van der Waals surface area contributed by atoms with Crippen LogP contribution in [-0.4, -0.2) is 20.2 Å². The van der Waals surface area contributed by atoms with E-state index in [0.29, 0.717) is 18.8 Å². The van der Waals surface area contributed by atoms with E-state index in [1.807, 2.05) is 0 Å². The molecule has 0 radical (unpaired) electrons. The van der Waals surface area contributed by atoms with Crippen molar-refractivity contribution in [1.82, 2.24) is 4.89 Å². The highest BCUT2D eigenvalue weighted by atomic mass is 32.2. The van der Waals surface area contributed by atoms with Gasteiger partial charge in [0.1, 0.15) is 5.75 Å². The van der Waals surface area contributed by atoms with Crippen molar-refractivity contribution in [3.8, 4) is 5.75 Å². The first-order valence-corrected chi connectivity index (χ1v) is 5.53. The van der Waals surface area contributed by atoms with E-state index in [2.05, 4.69) is 0 Å². The molecular weight excluding hydrogens is 206 g/mol. The summed E-state index contributed by atoms with van der Waals surface area (Å²) >= 11 is 0. The van der Waals surface area contributed by atoms with Crippen molar-refractivity contribution < 1.29 is 18.4 Å². The van der Waals surface area contributed by atoms with E-state index in [1.54, 1.807) is 6.07 Å². The van der Waals surface area contributed by atoms with Crippen LogP contribution in [0.2, 0.25) is 0 Å². The number of sulfonamides is 1. The molecule has 2 N–H and O–H groups in total. The van der Waals surface area contributed by atoms with Crippen LogP contribution >= 0.6 is 0 Å². The van der Waals surface area contributed by atoms with E-state index in [9.17, 15) is 8.42 Å². The molecule has 0 saturated heterocycles. The summed E-state index contributed by atoms with van der Waals surface area (Å²) in [5, 5.41) is 8.43. The van der Waals surface area contributed by atoms with Crippen LogP contribution in [0.25, 0.3) is 0 Å². The molecule has 1 aromatic rings. The van der Waals surface area contributed by atoms with Crippen LogP contribution in [0, 0.1) is 0 Å². The van der Waals surface area contributed by atoms with Crippen LogP contribution in [0.15, 0.2) is 23.1 Å².